The van der Waals surface area contributed by atoms with Gasteiger partial charge in [0.25, 0.3) is 0 Å². The number of aromatic nitrogens is 2. The van der Waals surface area contributed by atoms with Gasteiger partial charge in [-0.15, -0.1) is 10.2 Å². The van der Waals surface area contributed by atoms with Crippen LogP contribution in [0.3, 0.4) is 0 Å². The summed E-state index contributed by atoms with van der Waals surface area (Å²) in [4.78, 5) is 14.1. The number of anilines is 3. The molecule has 1 atom stereocenters. The lowest BCUT2D eigenvalue weighted by Gasteiger charge is -2.29. The summed E-state index contributed by atoms with van der Waals surface area (Å²) in [6.07, 6.45) is 2.36. The Bertz CT molecular complexity index is 692. The zero-order valence-corrected chi connectivity index (χ0v) is 13.6. The maximum Gasteiger partial charge on any atom is 0.325 e. The van der Waals surface area contributed by atoms with Gasteiger partial charge in [0.05, 0.1) is 5.69 Å². The van der Waals surface area contributed by atoms with E-state index in [1.165, 1.54) is 29.9 Å². The Balaban J connectivity index is 1.60. The van der Waals surface area contributed by atoms with Gasteiger partial charge in [0.2, 0.25) is 10.3 Å². The molecular weight excluding hydrogens is 317 g/mol. The van der Waals surface area contributed by atoms with Crippen LogP contribution in [0, 0.1) is 11.7 Å². The molecule has 1 aliphatic heterocycles. The average molecular weight is 335 g/mol. The molecule has 1 saturated heterocycles. The van der Waals surface area contributed by atoms with Gasteiger partial charge in [-0.05, 0) is 30.9 Å². The number of benzene rings is 1. The molecule has 0 radical (unpaired) electrons. The monoisotopic (exact) mass is 335 g/mol. The fourth-order valence-corrected chi connectivity index (χ4v) is 3.35. The minimum Gasteiger partial charge on any atom is -0.346 e. The van der Waals surface area contributed by atoms with Crippen LogP contribution in [0.15, 0.2) is 24.3 Å². The molecule has 1 aromatic carbocycles. The second kappa shape index (κ2) is 6.91. The Hall–Kier alpha value is -2.22. The molecule has 6 nitrogen and oxygen atoms in total. The first-order chi connectivity index (χ1) is 11.1. The molecule has 0 spiro atoms. The van der Waals surface area contributed by atoms with Crippen molar-refractivity contribution in [2.45, 2.75) is 19.8 Å². The minimum atomic E-state index is -0.537. The molecule has 1 unspecified atom stereocenters. The fourth-order valence-electron chi connectivity index (χ4n) is 2.57. The van der Waals surface area contributed by atoms with Gasteiger partial charge in [-0.25, -0.2) is 9.18 Å². The first kappa shape index (κ1) is 15.7. The number of amides is 2. The minimum absolute atomic E-state index is 0.125. The normalized spacial score (nSPS) is 17.8. The predicted octanol–water partition coefficient (Wildman–Crippen LogP) is 3.56. The van der Waals surface area contributed by atoms with Gasteiger partial charge >= 0.3 is 6.03 Å². The van der Waals surface area contributed by atoms with E-state index in [4.69, 9.17) is 0 Å². The number of hydrogen-bond donors (Lipinski definition) is 2. The Morgan fingerprint density at radius 1 is 1.35 bits per heavy atom. The smallest absolute Gasteiger partial charge is 0.325 e. The molecule has 2 aromatic rings. The third-order valence-corrected chi connectivity index (χ3v) is 4.58. The van der Waals surface area contributed by atoms with E-state index in [1.54, 1.807) is 12.1 Å². The van der Waals surface area contributed by atoms with Crippen molar-refractivity contribution < 1.29 is 9.18 Å². The number of nitrogens with one attached hydrogen (secondary N) is 2. The topological polar surface area (TPSA) is 70.2 Å². The molecule has 1 aliphatic rings. The van der Waals surface area contributed by atoms with Crippen LogP contribution in [0.2, 0.25) is 0 Å². The molecule has 1 fully saturated rings. The Morgan fingerprint density at radius 3 is 2.96 bits per heavy atom. The molecule has 0 aliphatic carbocycles. The van der Waals surface area contributed by atoms with Crippen LogP contribution in [0.4, 0.5) is 25.1 Å². The van der Waals surface area contributed by atoms with Crippen LogP contribution >= 0.6 is 11.3 Å². The first-order valence-electron chi connectivity index (χ1n) is 7.53. The standard InChI is InChI=1S/C15H18FN5OS/c1-10-5-4-8-21(9-10)15-20-19-14(23-15)18-13(22)17-12-7-3-2-6-11(12)16/h2-3,6-7,10H,4-5,8-9H2,1H3,(H2,17,18,19,22). The zero-order chi connectivity index (χ0) is 16.2. The second-order valence-electron chi connectivity index (χ2n) is 5.64. The van der Waals surface area contributed by atoms with E-state index in [9.17, 15) is 9.18 Å². The second-order valence-corrected chi connectivity index (χ2v) is 6.60. The number of halogens is 1. The van der Waals surface area contributed by atoms with E-state index < -0.39 is 11.8 Å². The van der Waals surface area contributed by atoms with Gasteiger partial charge in [-0.1, -0.05) is 30.4 Å². The van der Waals surface area contributed by atoms with E-state index in [0.717, 1.165) is 24.6 Å². The molecule has 0 saturated carbocycles. The van der Waals surface area contributed by atoms with Gasteiger partial charge in [-0.2, -0.15) is 0 Å². The third-order valence-electron chi connectivity index (χ3n) is 3.68. The lowest BCUT2D eigenvalue weighted by molar-refractivity contribution is 0.262. The van der Waals surface area contributed by atoms with Gasteiger partial charge in [0.15, 0.2) is 0 Å². The van der Waals surface area contributed by atoms with Crippen molar-refractivity contribution in [2.24, 2.45) is 5.92 Å². The number of nitrogens with zero attached hydrogens (tertiary/aromatic N) is 3. The van der Waals surface area contributed by atoms with Crippen molar-refractivity contribution in [1.82, 2.24) is 10.2 Å². The van der Waals surface area contributed by atoms with E-state index in [0.29, 0.717) is 11.0 Å². The first-order valence-corrected chi connectivity index (χ1v) is 8.34. The van der Waals surface area contributed by atoms with Crippen molar-refractivity contribution >= 4 is 33.3 Å². The summed E-state index contributed by atoms with van der Waals surface area (Å²) < 4.78 is 13.5. The number of urea groups is 1. The summed E-state index contributed by atoms with van der Waals surface area (Å²) in [5, 5.41) is 14.4. The quantitative estimate of drug-likeness (QED) is 0.900. The van der Waals surface area contributed by atoms with Crippen LogP contribution < -0.4 is 15.5 Å². The summed E-state index contributed by atoms with van der Waals surface area (Å²) in [5.74, 6) is 0.149. The largest absolute Gasteiger partial charge is 0.346 e. The van der Waals surface area contributed by atoms with Crippen molar-refractivity contribution in [3.8, 4) is 0 Å². The number of piperidine rings is 1. The van der Waals surface area contributed by atoms with Crippen molar-refractivity contribution in [2.75, 3.05) is 28.6 Å². The molecule has 23 heavy (non-hydrogen) atoms. The van der Waals surface area contributed by atoms with Crippen molar-refractivity contribution in [3.63, 3.8) is 0 Å². The van der Waals surface area contributed by atoms with Gasteiger partial charge in [0.1, 0.15) is 5.82 Å². The Labute approximate surface area is 137 Å². The van der Waals surface area contributed by atoms with E-state index >= 15 is 0 Å². The Morgan fingerprint density at radius 2 is 2.17 bits per heavy atom. The zero-order valence-electron chi connectivity index (χ0n) is 12.8. The summed E-state index contributed by atoms with van der Waals surface area (Å²) in [6, 6.07) is 5.46. The fraction of sp³-hybridized carbons (Fsp3) is 0.400. The summed E-state index contributed by atoms with van der Waals surface area (Å²) in [7, 11) is 0. The molecule has 0 bridgehead atoms. The highest BCUT2D eigenvalue weighted by Crippen LogP contribution is 2.28. The molecule has 2 N–H and O–H groups in total. The summed E-state index contributed by atoms with van der Waals surface area (Å²) in [5.41, 5.74) is 0.125. The number of carbonyl (C=O) groups excluding carboxylic acids is 1. The lowest BCUT2D eigenvalue weighted by Crippen LogP contribution is -2.34. The molecule has 3 rings (SSSR count). The number of carbonyl (C=O) groups is 1. The number of para-hydroxylation sites is 1. The van der Waals surface area contributed by atoms with Crippen LogP contribution in [0.5, 0.6) is 0 Å². The van der Waals surface area contributed by atoms with Crippen LogP contribution in [-0.2, 0) is 0 Å². The summed E-state index contributed by atoms with van der Waals surface area (Å²) in [6.45, 7) is 4.13. The third kappa shape index (κ3) is 3.95. The molecule has 2 heterocycles. The molecule has 8 heteroatoms. The van der Waals surface area contributed by atoms with Gasteiger partial charge in [0, 0.05) is 13.1 Å². The maximum atomic E-state index is 13.5. The highest BCUT2D eigenvalue weighted by molar-refractivity contribution is 7.19. The van der Waals surface area contributed by atoms with Crippen molar-refractivity contribution in [3.05, 3.63) is 30.1 Å². The van der Waals surface area contributed by atoms with Gasteiger partial charge < -0.3 is 10.2 Å². The lowest BCUT2D eigenvalue weighted by atomic mass is 10.0. The van der Waals surface area contributed by atoms with Crippen LogP contribution in [0.25, 0.3) is 0 Å². The molecule has 2 amide bonds. The van der Waals surface area contributed by atoms with Crippen molar-refractivity contribution in [1.29, 1.82) is 0 Å². The molecule has 122 valence electrons. The van der Waals surface area contributed by atoms with E-state index in [2.05, 4.69) is 32.7 Å². The molecular formula is C15H18FN5OS. The highest BCUT2D eigenvalue weighted by Gasteiger charge is 2.20. The molecule has 1 aromatic heterocycles. The van der Waals surface area contributed by atoms with Crippen LogP contribution in [-0.4, -0.2) is 29.3 Å². The van der Waals surface area contributed by atoms with E-state index in [1.807, 2.05) is 0 Å². The summed E-state index contributed by atoms with van der Waals surface area (Å²) >= 11 is 1.32. The highest BCUT2D eigenvalue weighted by atomic mass is 32.1. The van der Waals surface area contributed by atoms with Gasteiger partial charge in [-0.3, -0.25) is 5.32 Å². The predicted molar refractivity (Wildman–Crippen MR) is 89.6 cm³/mol. The maximum absolute atomic E-state index is 13.5. The van der Waals surface area contributed by atoms with E-state index in [-0.39, 0.29) is 5.69 Å². The number of hydrogen-bond acceptors (Lipinski definition) is 5. The average Bonchev–Trinajstić information content (AvgIpc) is 2.98. The number of rotatable bonds is 3. The Kier molecular flexibility index (Phi) is 4.71. The van der Waals surface area contributed by atoms with Crippen LogP contribution in [0.1, 0.15) is 19.8 Å². The SMILES string of the molecule is CC1CCCN(c2nnc(NC(=O)Nc3ccccc3F)s2)C1.